The summed E-state index contributed by atoms with van der Waals surface area (Å²) in [6, 6.07) is 8.98. The van der Waals surface area contributed by atoms with Gasteiger partial charge in [-0.05, 0) is 30.5 Å². The van der Waals surface area contributed by atoms with E-state index in [-0.39, 0.29) is 11.4 Å². The summed E-state index contributed by atoms with van der Waals surface area (Å²) in [5, 5.41) is 0. The van der Waals surface area contributed by atoms with E-state index in [0.717, 1.165) is 18.4 Å². The average molecular weight is 285 g/mol. The molecule has 3 heterocycles. The first-order chi connectivity index (χ1) is 10.3. The maximum absolute atomic E-state index is 12.7. The molecule has 0 spiro atoms. The SMILES string of the molecule is O=c1n(-c2ccccc2)c(=O)n2n1CC=C1CCCOC12. The number of fused-ring (bicyclic) bond motifs is 3. The van der Waals surface area contributed by atoms with Crippen LogP contribution in [0.4, 0.5) is 0 Å². The highest BCUT2D eigenvalue weighted by Crippen LogP contribution is 2.29. The van der Waals surface area contributed by atoms with Gasteiger partial charge in [-0.2, -0.15) is 4.68 Å². The lowest BCUT2D eigenvalue weighted by Crippen LogP contribution is -2.37. The van der Waals surface area contributed by atoms with Crippen LogP contribution in [0, 0.1) is 0 Å². The number of rotatable bonds is 1. The monoisotopic (exact) mass is 285 g/mol. The van der Waals surface area contributed by atoms with Gasteiger partial charge in [-0.3, -0.25) is 0 Å². The van der Waals surface area contributed by atoms with E-state index in [0.29, 0.717) is 18.8 Å². The molecule has 2 aliphatic rings. The minimum absolute atomic E-state index is 0.323. The Hall–Kier alpha value is -2.34. The summed E-state index contributed by atoms with van der Waals surface area (Å²) in [6.07, 6.45) is 3.44. The predicted molar refractivity (Wildman–Crippen MR) is 76.6 cm³/mol. The molecule has 1 fully saturated rings. The van der Waals surface area contributed by atoms with Gasteiger partial charge in [0.25, 0.3) is 0 Å². The van der Waals surface area contributed by atoms with Crippen molar-refractivity contribution in [3.05, 3.63) is 62.9 Å². The molecule has 1 unspecified atom stereocenters. The molecule has 0 radical (unpaired) electrons. The van der Waals surface area contributed by atoms with Crippen LogP contribution in [0.5, 0.6) is 0 Å². The Morgan fingerprint density at radius 3 is 2.71 bits per heavy atom. The van der Waals surface area contributed by atoms with Crippen LogP contribution in [0.1, 0.15) is 19.1 Å². The predicted octanol–water partition coefficient (Wildman–Crippen LogP) is 1.05. The van der Waals surface area contributed by atoms with Gasteiger partial charge in [-0.25, -0.2) is 18.8 Å². The zero-order valence-electron chi connectivity index (χ0n) is 11.4. The maximum Gasteiger partial charge on any atom is 0.354 e. The highest BCUT2D eigenvalue weighted by atomic mass is 16.5. The van der Waals surface area contributed by atoms with E-state index < -0.39 is 6.23 Å². The molecule has 21 heavy (non-hydrogen) atoms. The van der Waals surface area contributed by atoms with Gasteiger partial charge in [0.15, 0.2) is 6.23 Å². The van der Waals surface area contributed by atoms with E-state index in [1.54, 1.807) is 12.1 Å². The molecular formula is C15H15N3O3. The van der Waals surface area contributed by atoms with Crippen molar-refractivity contribution in [1.82, 2.24) is 13.9 Å². The molecule has 0 N–H and O–H groups in total. The first-order valence-electron chi connectivity index (χ1n) is 7.07. The van der Waals surface area contributed by atoms with Gasteiger partial charge in [0.05, 0.1) is 12.2 Å². The van der Waals surface area contributed by atoms with Crippen LogP contribution >= 0.6 is 0 Å². The molecule has 0 amide bonds. The summed E-state index contributed by atoms with van der Waals surface area (Å²) in [5.74, 6) is 0. The Kier molecular flexibility index (Phi) is 2.71. The first-order valence-corrected chi connectivity index (χ1v) is 7.07. The van der Waals surface area contributed by atoms with E-state index in [4.69, 9.17) is 4.74 Å². The van der Waals surface area contributed by atoms with Crippen LogP contribution in [0.3, 0.4) is 0 Å². The Bertz CT molecular complexity index is 826. The fourth-order valence-corrected chi connectivity index (χ4v) is 3.02. The Labute approximate surface area is 120 Å². The van der Waals surface area contributed by atoms with Gasteiger partial charge in [0, 0.05) is 6.61 Å². The van der Waals surface area contributed by atoms with Crippen molar-refractivity contribution in [2.45, 2.75) is 25.6 Å². The average Bonchev–Trinajstić information content (AvgIpc) is 2.80. The maximum atomic E-state index is 12.7. The molecule has 6 nitrogen and oxygen atoms in total. The Balaban J connectivity index is 1.94. The van der Waals surface area contributed by atoms with Crippen molar-refractivity contribution in [2.24, 2.45) is 0 Å². The molecule has 6 heteroatoms. The highest BCUT2D eigenvalue weighted by molar-refractivity contribution is 5.30. The molecule has 2 aromatic rings. The second kappa shape index (κ2) is 4.60. The second-order valence-corrected chi connectivity index (χ2v) is 5.27. The van der Waals surface area contributed by atoms with E-state index in [1.807, 2.05) is 24.3 Å². The third-order valence-electron chi connectivity index (χ3n) is 4.03. The molecule has 0 saturated carbocycles. The van der Waals surface area contributed by atoms with Gasteiger partial charge < -0.3 is 4.74 Å². The number of ether oxygens (including phenoxy) is 1. The normalized spacial score (nSPS) is 20.6. The minimum Gasteiger partial charge on any atom is -0.352 e. The van der Waals surface area contributed by atoms with Crippen molar-refractivity contribution in [3.63, 3.8) is 0 Å². The summed E-state index contributed by atoms with van der Waals surface area (Å²) in [6.45, 7) is 1.03. The van der Waals surface area contributed by atoms with E-state index in [2.05, 4.69) is 0 Å². The highest BCUT2D eigenvalue weighted by Gasteiger charge is 2.31. The Morgan fingerprint density at radius 2 is 1.90 bits per heavy atom. The molecule has 0 bridgehead atoms. The van der Waals surface area contributed by atoms with E-state index in [1.165, 1.54) is 13.9 Å². The van der Waals surface area contributed by atoms with Gasteiger partial charge in [-0.15, -0.1) is 0 Å². The summed E-state index contributed by atoms with van der Waals surface area (Å²) < 4.78 is 9.82. The standard InChI is InChI=1S/C15H15N3O3/c19-14-16-9-8-11-5-4-10-21-13(11)18(16)15(20)17(14)12-6-2-1-3-7-12/h1-3,6-8,13H,4-5,9-10H2. The molecule has 1 aromatic heterocycles. The van der Waals surface area contributed by atoms with Crippen molar-refractivity contribution in [3.8, 4) is 5.69 Å². The molecule has 108 valence electrons. The van der Waals surface area contributed by atoms with Gasteiger partial charge in [0.2, 0.25) is 0 Å². The third kappa shape index (κ3) is 1.76. The molecule has 4 rings (SSSR count). The van der Waals surface area contributed by atoms with Gasteiger partial charge in [0.1, 0.15) is 0 Å². The van der Waals surface area contributed by atoms with Crippen LogP contribution in [-0.4, -0.2) is 20.5 Å². The molecule has 1 atom stereocenters. The summed E-state index contributed by atoms with van der Waals surface area (Å²) >= 11 is 0. The lowest BCUT2D eigenvalue weighted by atomic mass is 10.1. The molecule has 1 aromatic carbocycles. The second-order valence-electron chi connectivity index (χ2n) is 5.27. The smallest absolute Gasteiger partial charge is 0.352 e. The largest absolute Gasteiger partial charge is 0.354 e. The number of nitrogens with zero attached hydrogens (tertiary/aromatic N) is 3. The topological polar surface area (TPSA) is 58.2 Å². The van der Waals surface area contributed by atoms with Crippen LogP contribution in [-0.2, 0) is 11.3 Å². The zero-order valence-corrected chi connectivity index (χ0v) is 11.4. The van der Waals surface area contributed by atoms with E-state index in [9.17, 15) is 9.59 Å². The number of benzene rings is 1. The van der Waals surface area contributed by atoms with Crippen LogP contribution in [0.2, 0.25) is 0 Å². The van der Waals surface area contributed by atoms with Crippen molar-refractivity contribution < 1.29 is 4.74 Å². The number of hydrogen-bond acceptors (Lipinski definition) is 3. The molecule has 0 aliphatic carbocycles. The zero-order chi connectivity index (χ0) is 14.4. The third-order valence-corrected chi connectivity index (χ3v) is 4.03. The quantitative estimate of drug-likeness (QED) is 0.736. The lowest BCUT2D eigenvalue weighted by Gasteiger charge is -2.30. The minimum atomic E-state index is -0.433. The lowest BCUT2D eigenvalue weighted by molar-refractivity contribution is -0.0170. The summed E-state index contributed by atoms with van der Waals surface area (Å²) in [7, 11) is 0. The summed E-state index contributed by atoms with van der Waals surface area (Å²) in [4.78, 5) is 25.2. The number of para-hydroxylation sites is 1. The number of aromatic nitrogens is 3. The number of hydrogen-bond donors (Lipinski definition) is 0. The molecule has 1 saturated heterocycles. The van der Waals surface area contributed by atoms with Crippen LogP contribution in [0.15, 0.2) is 51.6 Å². The first kappa shape index (κ1) is 12.4. The van der Waals surface area contributed by atoms with Crippen LogP contribution in [0.25, 0.3) is 5.69 Å². The number of allylic oxidation sites excluding steroid dienone is 1. The van der Waals surface area contributed by atoms with Crippen molar-refractivity contribution in [2.75, 3.05) is 6.61 Å². The van der Waals surface area contributed by atoms with Crippen LogP contribution < -0.4 is 11.4 Å². The van der Waals surface area contributed by atoms with Crippen molar-refractivity contribution in [1.29, 1.82) is 0 Å². The van der Waals surface area contributed by atoms with E-state index >= 15 is 0 Å². The van der Waals surface area contributed by atoms with Gasteiger partial charge in [-0.1, -0.05) is 24.3 Å². The summed E-state index contributed by atoms with van der Waals surface area (Å²) in [5.41, 5.74) is 1.01. The van der Waals surface area contributed by atoms with Gasteiger partial charge >= 0.3 is 11.4 Å². The van der Waals surface area contributed by atoms with Crippen molar-refractivity contribution >= 4 is 0 Å². The fraction of sp³-hybridized carbons (Fsp3) is 0.333. The Morgan fingerprint density at radius 1 is 1.10 bits per heavy atom. The fourth-order valence-electron chi connectivity index (χ4n) is 3.02. The molecule has 2 aliphatic heterocycles. The molecular weight excluding hydrogens is 270 g/mol.